The Morgan fingerprint density at radius 2 is 1.84 bits per heavy atom. The van der Waals surface area contributed by atoms with Gasteiger partial charge < -0.3 is 10.0 Å². The minimum Gasteiger partial charge on any atom is -0.465 e. The molecule has 2 heterocycles. The minimum atomic E-state index is -1.01. The van der Waals surface area contributed by atoms with E-state index in [1.54, 1.807) is 6.26 Å². The largest absolute Gasteiger partial charge is 0.465 e. The first-order chi connectivity index (χ1) is 15.3. The molecule has 1 saturated heterocycles. The van der Waals surface area contributed by atoms with E-state index in [9.17, 15) is 23.9 Å². The summed E-state index contributed by atoms with van der Waals surface area (Å²) in [6.07, 6.45) is 3.01. The Labute approximate surface area is 189 Å². The number of hydrogen-bond acceptors (Lipinski definition) is 6. The van der Waals surface area contributed by atoms with Crippen molar-refractivity contribution in [1.29, 1.82) is 0 Å². The van der Waals surface area contributed by atoms with E-state index in [2.05, 4.69) is 9.97 Å². The molecule has 1 aliphatic heterocycles. The zero-order chi connectivity index (χ0) is 23.3. The third kappa shape index (κ3) is 5.52. The molecule has 11 heteroatoms. The van der Waals surface area contributed by atoms with Crippen molar-refractivity contribution in [3.63, 3.8) is 0 Å². The molecule has 1 N–H and O–H groups in total. The first-order valence-electron chi connectivity index (χ1n) is 9.99. The van der Waals surface area contributed by atoms with Crippen LogP contribution in [0.25, 0.3) is 0 Å². The fourth-order valence-corrected chi connectivity index (χ4v) is 3.89. The second-order valence-electron chi connectivity index (χ2n) is 7.30. The second kappa shape index (κ2) is 10.4. The van der Waals surface area contributed by atoms with Crippen molar-refractivity contribution < 1.29 is 23.9 Å². The predicted molar refractivity (Wildman–Crippen MR) is 115 cm³/mol. The normalized spacial score (nSPS) is 14.2. The van der Waals surface area contributed by atoms with Crippen molar-refractivity contribution in [2.45, 2.75) is 30.5 Å². The SMILES string of the molecule is CSc1nccc(C(=O)N(C2CCN(C(=O)O)CC2)N(C)C(=O)Cc2ccc(F)cc2)n1. The number of rotatable bonds is 5. The number of hydrazine groups is 1. The van der Waals surface area contributed by atoms with Crippen molar-refractivity contribution >= 4 is 29.7 Å². The molecule has 1 aliphatic rings. The molecular weight excluding hydrogens is 437 g/mol. The summed E-state index contributed by atoms with van der Waals surface area (Å²) in [5.41, 5.74) is 0.759. The molecule has 0 atom stereocenters. The summed E-state index contributed by atoms with van der Waals surface area (Å²) < 4.78 is 13.2. The van der Waals surface area contributed by atoms with Crippen LogP contribution >= 0.6 is 11.8 Å². The van der Waals surface area contributed by atoms with Gasteiger partial charge in [0.1, 0.15) is 11.5 Å². The van der Waals surface area contributed by atoms with Gasteiger partial charge in [-0.3, -0.25) is 14.6 Å². The zero-order valence-corrected chi connectivity index (χ0v) is 18.6. The summed E-state index contributed by atoms with van der Waals surface area (Å²) in [5, 5.41) is 12.3. The zero-order valence-electron chi connectivity index (χ0n) is 17.8. The highest BCUT2D eigenvalue weighted by atomic mass is 32.2. The Morgan fingerprint density at radius 1 is 1.19 bits per heavy atom. The van der Waals surface area contributed by atoms with Gasteiger partial charge in [-0.05, 0) is 42.9 Å². The van der Waals surface area contributed by atoms with Crippen LogP contribution in [0.5, 0.6) is 0 Å². The first kappa shape index (κ1) is 23.5. The summed E-state index contributed by atoms with van der Waals surface area (Å²) in [7, 11) is 1.50. The summed E-state index contributed by atoms with van der Waals surface area (Å²) in [5.74, 6) is -1.22. The molecule has 1 aromatic carbocycles. The number of nitrogens with zero attached hydrogens (tertiary/aromatic N) is 5. The van der Waals surface area contributed by atoms with E-state index in [1.165, 1.54) is 70.3 Å². The van der Waals surface area contributed by atoms with Crippen LogP contribution < -0.4 is 0 Å². The molecule has 1 fully saturated rings. The molecule has 0 saturated carbocycles. The number of aromatic nitrogens is 2. The molecule has 1 aromatic heterocycles. The smallest absolute Gasteiger partial charge is 0.407 e. The van der Waals surface area contributed by atoms with Gasteiger partial charge in [0, 0.05) is 26.3 Å². The number of benzene rings is 1. The Hall–Kier alpha value is -3.21. The Morgan fingerprint density at radius 3 is 2.44 bits per heavy atom. The fourth-order valence-electron chi connectivity index (χ4n) is 3.54. The van der Waals surface area contributed by atoms with Gasteiger partial charge in [-0.25, -0.2) is 24.2 Å². The molecule has 2 aromatic rings. The van der Waals surface area contributed by atoms with Crippen LogP contribution in [0.4, 0.5) is 9.18 Å². The average Bonchev–Trinajstić information content (AvgIpc) is 2.80. The van der Waals surface area contributed by atoms with E-state index in [0.29, 0.717) is 23.6 Å². The van der Waals surface area contributed by atoms with Gasteiger partial charge in [0.25, 0.3) is 5.91 Å². The Kier molecular flexibility index (Phi) is 7.62. The Balaban J connectivity index is 1.85. The first-order valence-corrected chi connectivity index (χ1v) is 11.2. The summed E-state index contributed by atoms with van der Waals surface area (Å²) in [6, 6.07) is 6.70. The van der Waals surface area contributed by atoms with Crippen LogP contribution in [0.15, 0.2) is 41.7 Å². The molecule has 32 heavy (non-hydrogen) atoms. The van der Waals surface area contributed by atoms with Gasteiger partial charge in [-0.15, -0.1) is 0 Å². The molecule has 0 bridgehead atoms. The number of hydrogen-bond donors (Lipinski definition) is 1. The lowest BCUT2D eigenvalue weighted by Gasteiger charge is -2.41. The maximum Gasteiger partial charge on any atom is 0.407 e. The van der Waals surface area contributed by atoms with Crippen LogP contribution in [-0.2, 0) is 11.2 Å². The van der Waals surface area contributed by atoms with Gasteiger partial charge >= 0.3 is 6.09 Å². The number of carbonyl (C=O) groups is 3. The van der Waals surface area contributed by atoms with Crippen LogP contribution in [0.2, 0.25) is 0 Å². The van der Waals surface area contributed by atoms with E-state index in [4.69, 9.17) is 0 Å². The highest BCUT2D eigenvalue weighted by Crippen LogP contribution is 2.22. The topological polar surface area (TPSA) is 107 Å². The monoisotopic (exact) mass is 461 g/mol. The highest BCUT2D eigenvalue weighted by Gasteiger charge is 2.35. The van der Waals surface area contributed by atoms with Crippen molar-refractivity contribution in [1.82, 2.24) is 24.9 Å². The van der Waals surface area contributed by atoms with Crippen LogP contribution in [0.1, 0.15) is 28.9 Å². The third-order valence-electron chi connectivity index (χ3n) is 5.28. The quantitative estimate of drug-likeness (QED) is 0.414. The molecule has 3 rings (SSSR count). The summed E-state index contributed by atoms with van der Waals surface area (Å²) in [6.45, 7) is 0.507. The number of carboxylic acid groups (broad SMARTS) is 1. The molecule has 9 nitrogen and oxygen atoms in total. The van der Waals surface area contributed by atoms with E-state index in [1.807, 2.05) is 0 Å². The molecule has 3 amide bonds. The molecule has 0 unspecified atom stereocenters. The van der Waals surface area contributed by atoms with Gasteiger partial charge in [-0.1, -0.05) is 23.9 Å². The number of carbonyl (C=O) groups excluding carboxylic acids is 2. The average molecular weight is 462 g/mol. The molecule has 0 aliphatic carbocycles. The number of likely N-dealkylation sites (tertiary alicyclic amines) is 1. The predicted octanol–water partition coefficient (Wildman–Crippen LogP) is 2.54. The number of piperidine rings is 1. The van der Waals surface area contributed by atoms with Gasteiger partial charge in [0.05, 0.1) is 12.5 Å². The van der Waals surface area contributed by atoms with Gasteiger partial charge in [-0.2, -0.15) is 0 Å². The molecular formula is C21H24FN5O4S. The number of amides is 3. The second-order valence-corrected chi connectivity index (χ2v) is 8.07. The third-order valence-corrected chi connectivity index (χ3v) is 5.84. The Bertz CT molecular complexity index is 982. The maximum absolute atomic E-state index is 13.4. The maximum atomic E-state index is 13.4. The van der Waals surface area contributed by atoms with Gasteiger partial charge in [0.15, 0.2) is 5.16 Å². The lowest BCUT2D eigenvalue weighted by Crippen LogP contribution is -2.56. The van der Waals surface area contributed by atoms with E-state index < -0.39 is 17.8 Å². The molecule has 0 spiro atoms. The number of likely N-dealkylation sites (N-methyl/N-ethyl adjacent to an activating group) is 1. The van der Waals surface area contributed by atoms with Gasteiger partial charge in [0.2, 0.25) is 5.91 Å². The van der Waals surface area contributed by atoms with Crippen molar-refractivity contribution in [2.24, 2.45) is 0 Å². The van der Waals surface area contributed by atoms with Crippen molar-refractivity contribution in [3.8, 4) is 0 Å². The summed E-state index contributed by atoms with van der Waals surface area (Å²) in [4.78, 5) is 47.3. The number of thioether (sulfide) groups is 1. The van der Waals surface area contributed by atoms with Crippen molar-refractivity contribution in [2.75, 3.05) is 26.4 Å². The van der Waals surface area contributed by atoms with Crippen LogP contribution in [0.3, 0.4) is 0 Å². The van der Waals surface area contributed by atoms with E-state index >= 15 is 0 Å². The standard InChI is InChI=1S/C21H24FN5O4S/c1-25(18(28)13-14-3-5-15(22)6-4-14)27(16-8-11-26(12-9-16)21(30)31)19(29)17-7-10-23-20(24-17)32-2/h3-7,10,16H,8-9,11-13H2,1-2H3,(H,30,31). The summed E-state index contributed by atoms with van der Waals surface area (Å²) >= 11 is 1.29. The van der Waals surface area contributed by atoms with E-state index in [-0.39, 0.29) is 37.2 Å². The lowest BCUT2D eigenvalue weighted by atomic mass is 10.0. The number of halogens is 1. The molecule has 0 radical (unpaired) electrons. The van der Waals surface area contributed by atoms with Crippen LogP contribution in [0, 0.1) is 5.82 Å². The molecule has 170 valence electrons. The fraction of sp³-hybridized carbons (Fsp3) is 0.381. The van der Waals surface area contributed by atoms with E-state index in [0.717, 1.165) is 0 Å². The highest BCUT2D eigenvalue weighted by molar-refractivity contribution is 7.98. The minimum absolute atomic E-state index is 0.0195. The lowest BCUT2D eigenvalue weighted by molar-refractivity contribution is -0.145. The van der Waals surface area contributed by atoms with Crippen molar-refractivity contribution in [3.05, 3.63) is 53.6 Å². The van der Waals surface area contributed by atoms with Crippen LogP contribution in [-0.4, -0.2) is 80.3 Å².